The Morgan fingerprint density at radius 2 is 0.733 bits per heavy atom. The number of nitrogens with one attached hydrogen (secondary N) is 5. The van der Waals surface area contributed by atoms with Gasteiger partial charge in [0.25, 0.3) is 0 Å². The summed E-state index contributed by atoms with van der Waals surface area (Å²) in [6, 6.07) is 17.2. The van der Waals surface area contributed by atoms with Crippen LogP contribution in [0.3, 0.4) is 0 Å². The quantitative estimate of drug-likeness (QED) is 0.0217. The van der Waals surface area contributed by atoms with Crippen LogP contribution in [0.15, 0.2) is 152 Å². The number of anilines is 11. The summed E-state index contributed by atoms with van der Waals surface area (Å²) in [4.78, 5) is 74.0. The van der Waals surface area contributed by atoms with Gasteiger partial charge in [-0.2, -0.15) is 0 Å². The molecule has 0 spiro atoms. The second-order valence-electron chi connectivity index (χ2n) is 24.1. The summed E-state index contributed by atoms with van der Waals surface area (Å²) in [5.74, 6) is 6.47. The Balaban J connectivity index is 0.000000159. The Bertz CT molecular complexity index is 5690. The fraction of sp³-hybridized carbons (Fsp3) is 0.197. The average Bonchev–Trinajstić information content (AvgIpc) is 0.803. The molecule has 4 aromatic carbocycles. The van der Waals surface area contributed by atoms with Crippen LogP contribution in [0.1, 0.15) is 5.56 Å². The summed E-state index contributed by atoms with van der Waals surface area (Å²) in [7, 11) is 10.8. The molecule has 1 atom stereocenters. The molecule has 10 heterocycles. The molecule has 0 saturated carbocycles. The third kappa shape index (κ3) is 22.0. The lowest BCUT2D eigenvalue weighted by Gasteiger charge is -2.26. The van der Waals surface area contributed by atoms with Gasteiger partial charge in [0.2, 0.25) is 0 Å². The second-order valence-corrected chi connectivity index (χ2v) is 29.3. The van der Waals surface area contributed by atoms with Gasteiger partial charge in [-0.25, -0.2) is 84.7 Å². The highest BCUT2D eigenvalue weighted by Gasteiger charge is 2.26. The van der Waals surface area contributed by atoms with E-state index in [0.29, 0.717) is 170 Å². The lowest BCUT2D eigenvalue weighted by atomic mass is 10.2. The maximum atomic E-state index is 11.7. The molecule has 1 fully saturated rings. The monoisotopic (exact) mass is 1820 g/mol. The first-order chi connectivity index (χ1) is 58.1. The molecule has 44 heteroatoms. The van der Waals surface area contributed by atoms with Gasteiger partial charge in [-0.1, -0.05) is 98.9 Å². The first-order valence-electron chi connectivity index (χ1n) is 34.8. The highest BCUT2D eigenvalue weighted by molar-refractivity contribution is 7.98. The van der Waals surface area contributed by atoms with E-state index in [0.717, 1.165) is 43.4 Å². The van der Waals surface area contributed by atoms with Gasteiger partial charge in [0, 0.05) is 93.3 Å². The molecule has 0 bridgehead atoms. The highest BCUT2D eigenvalue weighted by Crippen LogP contribution is 2.50. The number of ether oxygens (including phenoxy) is 9. The van der Waals surface area contributed by atoms with Gasteiger partial charge in [0.15, 0.2) is 0 Å². The van der Waals surface area contributed by atoms with Gasteiger partial charge in [0.1, 0.15) is 183 Å². The van der Waals surface area contributed by atoms with Gasteiger partial charge < -0.3 is 74.9 Å². The molecule has 120 heavy (non-hydrogen) atoms. The number of thioether (sulfide) groups is 1. The first kappa shape index (κ1) is 89.4. The molecule has 0 radical (unpaired) electrons. The Kier molecular flexibility index (Phi) is 32.1. The summed E-state index contributed by atoms with van der Waals surface area (Å²) in [5.41, 5.74) is 13.1. The van der Waals surface area contributed by atoms with E-state index in [2.05, 4.69) is 122 Å². The van der Waals surface area contributed by atoms with E-state index in [1.54, 1.807) is 67.3 Å². The molecule has 0 aliphatic carbocycles. The topological polar surface area (TPSA) is 409 Å². The largest absolute Gasteiger partial charge is 0.495 e. The Labute approximate surface area is 733 Å². The molecule has 34 nitrogen and oxygen atoms in total. The number of hydrogen-bond acceptors (Lipinski definition) is 35. The summed E-state index contributed by atoms with van der Waals surface area (Å²) in [6.07, 6.45) is 23.0. The molecular formula is C76H70Cl8N24O10S2. The van der Waals surface area contributed by atoms with Crippen molar-refractivity contribution in [1.82, 2.24) is 89.6 Å². The molecular weight excluding hydrogens is 1760 g/mol. The molecule has 9 aromatic heterocycles. The van der Waals surface area contributed by atoms with Crippen LogP contribution in [-0.2, 0) is 22.1 Å². The van der Waals surface area contributed by atoms with Crippen LogP contribution in [0.4, 0.5) is 63.5 Å². The SMILES string of the molecule is COc1cc(OC)c(Cl)c(Nc2ncncc2-c2cc(N)ncn2)c1Cl.COc1cc(OC)c(Cl)c(Nc2ncncc2-c2cc(Nc3ccc(CN4CCOCC4)cn3)ncn2)c1Cl.COc1cc(OC)c(Cl)c(Nc2ncncc2-c2cc(S(C)=O)ncn2)c1Cl.COc1cc(OC)c(Cl)c(Nc2ncncc2-c2cc(SC)ncn2)c1Cl. The van der Waals surface area contributed by atoms with Crippen LogP contribution < -0.4 is 70.2 Å². The fourth-order valence-electron chi connectivity index (χ4n) is 11.0. The van der Waals surface area contributed by atoms with E-state index in [1.807, 2.05) is 24.6 Å². The van der Waals surface area contributed by atoms with Gasteiger partial charge in [0.05, 0.1) is 154 Å². The lowest BCUT2D eigenvalue weighted by Crippen LogP contribution is -2.35. The number of hydrogen-bond donors (Lipinski definition) is 6. The predicted octanol–water partition coefficient (Wildman–Crippen LogP) is 17.0. The highest BCUT2D eigenvalue weighted by atomic mass is 35.5. The van der Waals surface area contributed by atoms with E-state index >= 15 is 0 Å². The molecule has 1 unspecified atom stereocenters. The third-order valence-corrected chi connectivity index (χ3v) is 21.4. The Morgan fingerprint density at radius 3 is 1.07 bits per heavy atom. The summed E-state index contributed by atoms with van der Waals surface area (Å²) >= 11 is 53.1. The van der Waals surface area contributed by atoms with E-state index in [-0.39, 0.29) is 30.1 Å². The van der Waals surface area contributed by atoms with Crippen molar-refractivity contribution in [2.45, 2.75) is 16.6 Å². The number of nitrogens with two attached hydrogens (primary N) is 1. The summed E-state index contributed by atoms with van der Waals surface area (Å²) < 4.78 is 59.6. The van der Waals surface area contributed by atoms with Crippen molar-refractivity contribution in [1.29, 1.82) is 0 Å². The minimum atomic E-state index is -1.26. The van der Waals surface area contributed by atoms with Crippen molar-refractivity contribution in [2.75, 3.05) is 128 Å². The van der Waals surface area contributed by atoms with Crippen LogP contribution >= 0.6 is 105 Å². The number of morpholine rings is 1. The van der Waals surface area contributed by atoms with E-state index in [4.69, 9.17) is 141 Å². The summed E-state index contributed by atoms with van der Waals surface area (Å²) in [6.45, 7) is 4.22. The van der Waals surface area contributed by atoms with Crippen molar-refractivity contribution in [3.8, 4) is 91.0 Å². The number of halogens is 8. The van der Waals surface area contributed by atoms with Crippen LogP contribution in [0.2, 0.25) is 40.2 Å². The molecule has 1 aliphatic heterocycles. The number of nitrogen functional groups attached to an aromatic ring is 1. The lowest BCUT2D eigenvalue weighted by molar-refractivity contribution is 0.0341. The number of methoxy groups -OCH3 is 8. The minimum absolute atomic E-state index is 0.260. The molecule has 1 saturated heterocycles. The third-order valence-electron chi connectivity index (χ3n) is 17.0. The molecule has 0 amide bonds. The number of aromatic nitrogens is 17. The van der Waals surface area contributed by atoms with Crippen molar-refractivity contribution >= 4 is 179 Å². The molecule has 622 valence electrons. The van der Waals surface area contributed by atoms with Crippen LogP contribution in [0.25, 0.3) is 45.0 Å². The number of pyridine rings is 1. The van der Waals surface area contributed by atoms with Crippen molar-refractivity contribution in [2.24, 2.45) is 0 Å². The van der Waals surface area contributed by atoms with Crippen LogP contribution in [0.5, 0.6) is 46.0 Å². The number of rotatable bonds is 26. The average molecular weight is 1830 g/mol. The Morgan fingerprint density at radius 1 is 0.392 bits per heavy atom. The second kappa shape index (κ2) is 43.0. The van der Waals surface area contributed by atoms with Crippen LogP contribution in [-0.4, -0.2) is 190 Å². The van der Waals surface area contributed by atoms with Gasteiger partial charge in [-0.3, -0.25) is 9.11 Å². The fourth-order valence-corrected chi connectivity index (χ4v) is 14.2. The minimum Gasteiger partial charge on any atom is -0.495 e. The standard InChI is InChI=1S/C26H26Cl2N8O3.C17H15Cl2N5O3S.C17H15Cl2N5O2S.C16H14Cl2N6O2/c1-37-19-10-20(38-2)24(28)25(23(19)27)35-26-17(12-29-14-33-26)18-9-22(32-15-31-18)34-21-4-3-16(11-30-21)13-36-5-7-39-8-6-36;1-26-11-5-12(27-2)15(19)16(14(11)18)24-17-9(6-20-7-23-17)10-4-13(28(3)25)22-8-21-10;1-25-11-5-12(26-2)15(19)16(14(11)18)24-17-9(6-20-7-23-17)10-4-13(27-3)22-8-21-10;1-25-10-4-11(26-2)14(18)15(13(10)17)24-16-8(5-20-6-23-16)9-3-12(19)22-7-21-9/h3-4,9-12,14-15H,5-8,13H2,1-2H3,(H,29,33,35)(H,30,31,32,34);4-8H,1-3H3,(H,20,23,24);4-8H,1-3H3,(H,20,23,24);3-7H,1-2H3,(H2,19,21,22)(H,20,23,24). The molecule has 7 N–H and O–H groups in total. The Hall–Kier alpha value is -11.4. The van der Waals surface area contributed by atoms with Crippen molar-refractivity contribution < 1.29 is 46.8 Å². The van der Waals surface area contributed by atoms with Crippen molar-refractivity contribution in [3.63, 3.8) is 0 Å². The number of benzene rings is 4. The van der Waals surface area contributed by atoms with Crippen molar-refractivity contribution in [3.05, 3.63) is 188 Å². The normalized spacial score (nSPS) is 11.8. The first-order valence-corrected chi connectivity index (χ1v) is 40.6. The predicted molar refractivity (Wildman–Crippen MR) is 466 cm³/mol. The zero-order chi connectivity index (χ0) is 85.5. The molecule has 14 rings (SSSR count). The summed E-state index contributed by atoms with van der Waals surface area (Å²) in [5, 5.41) is 19.2. The van der Waals surface area contributed by atoms with Gasteiger partial charge >= 0.3 is 0 Å². The van der Waals surface area contributed by atoms with Crippen LogP contribution in [0, 0.1) is 0 Å². The maximum Gasteiger partial charge on any atom is 0.143 e. The molecule has 1 aliphatic rings. The zero-order valence-corrected chi connectivity index (χ0v) is 72.5. The zero-order valence-electron chi connectivity index (χ0n) is 64.9. The maximum absolute atomic E-state index is 11.7. The van der Waals surface area contributed by atoms with E-state index in [9.17, 15) is 4.21 Å². The smallest absolute Gasteiger partial charge is 0.143 e. The van der Waals surface area contributed by atoms with Gasteiger partial charge in [-0.05, 0) is 30.0 Å². The molecule has 13 aromatic rings. The number of nitrogens with zero attached hydrogens (tertiary/aromatic N) is 18. The van der Waals surface area contributed by atoms with E-state index < -0.39 is 10.8 Å². The van der Waals surface area contributed by atoms with Gasteiger partial charge in [-0.15, -0.1) is 11.8 Å². The van der Waals surface area contributed by atoms with E-state index in [1.165, 1.54) is 126 Å².